The number of piperidine rings is 1. The second-order valence-corrected chi connectivity index (χ2v) is 9.52. The molecule has 2 aliphatic heterocycles. The Hall–Kier alpha value is -3.30. The van der Waals surface area contributed by atoms with Crippen molar-refractivity contribution >= 4 is 16.7 Å². The summed E-state index contributed by atoms with van der Waals surface area (Å²) in [7, 11) is 2.16. The van der Waals surface area contributed by atoms with Crippen LogP contribution in [0, 0.1) is 0 Å². The number of hydrogen-bond donors (Lipinski definition) is 2. The maximum atomic E-state index is 4.92. The summed E-state index contributed by atoms with van der Waals surface area (Å²) in [6, 6.07) is 4.26. The van der Waals surface area contributed by atoms with Gasteiger partial charge in [-0.3, -0.25) is 20.0 Å². The van der Waals surface area contributed by atoms with Crippen molar-refractivity contribution in [3.63, 3.8) is 0 Å². The number of aromatic amines is 2. The van der Waals surface area contributed by atoms with E-state index in [2.05, 4.69) is 53.0 Å². The first-order chi connectivity index (χ1) is 16.7. The van der Waals surface area contributed by atoms with Gasteiger partial charge in [-0.1, -0.05) is 6.42 Å². The van der Waals surface area contributed by atoms with E-state index in [0.717, 1.165) is 72.2 Å². The minimum Gasteiger partial charge on any atom is -0.366 e. The minimum atomic E-state index is 0.748. The molecular weight excluding hydrogens is 426 g/mol. The molecule has 2 saturated heterocycles. The number of pyridine rings is 2. The average molecular weight is 458 g/mol. The first kappa shape index (κ1) is 21.2. The van der Waals surface area contributed by atoms with Gasteiger partial charge in [0.05, 0.1) is 29.3 Å². The monoisotopic (exact) mass is 457 g/mol. The van der Waals surface area contributed by atoms with E-state index in [1.807, 2.05) is 30.9 Å². The summed E-state index contributed by atoms with van der Waals surface area (Å²) in [5.74, 6) is 0.748. The van der Waals surface area contributed by atoms with Crippen molar-refractivity contribution in [2.45, 2.75) is 25.8 Å². The zero-order valence-electron chi connectivity index (χ0n) is 19.7. The second-order valence-electron chi connectivity index (χ2n) is 9.52. The molecule has 0 saturated carbocycles. The van der Waals surface area contributed by atoms with Crippen LogP contribution in [0.2, 0.25) is 0 Å². The van der Waals surface area contributed by atoms with Gasteiger partial charge in [-0.2, -0.15) is 5.10 Å². The Kier molecular flexibility index (Phi) is 5.72. The van der Waals surface area contributed by atoms with E-state index < -0.39 is 0 Å². The molecule has 0 aliphatic carbocycles. The molecule has 0 aromatic carbocycles. The van der Waals surface area contributed by atoms with E-state index >= 15 is 0 Å². The van der Waals surface area contributed by atoms with Crippen molar-refractivity contribution < 1.29 is 0 Å². The van der Waals surface area contributed by atoms with Crippen LogP contribution in [-0.2, 0) is 6.54 Å². The van der Waals surface area contributed by atoms with Gasteiger partial charge in [-0.05, 0) is 50.7 Å². The van der Waals surface area contributed by atoms with Crippen molar-refractivity contribution in [3.8, 4) is 22.8 Å². The first-order valence-corrected chi connectivity index (χ1v) is 12.2. The highest BCUT2D eigenvalue weighted by Crippen LogP contribution is 2.29. The number of hydrogen-bond acceptors (Lipinski definition) is 7. The minimum absolute atomic E-state index is 0.748. The van der Waals surface area contributed by atoms with Crippen LogP contribution >= 0.6 is 0 Å². The standard InChI is InChI=1S/C25H31N9/c1-32-7-9-34(10-8-32)23-16-27-15-22-24(23)29-25(28-22)21-12-20(30-31-21)19-11-18(13-26-14-19)17-33-5-3-2-4-6-33/h11-16H,2-10,17H2,1H3,(H,28,29)(H,30,31). The van der Waals surface area contributed by atoms with Crippen LogP contribution in [0.25, 0.3) is 33.8 Å². The van der Waals surface area contributed by atoms with Gasteiger partial charge in [-0.25, -0.2) is 4.98 Å². The Labute approximate surface area is 199 Å². The summed E-state index contributed by atoms with van der Waals surface area (Å²) in [6.45, 7) is 7.35. The summed E-state index contributed by atoms with van der Waals surface area (Å²) >= 11 is 0. The molecule has 34 heavy (non-hydrogen) atoms. The maximum Gasteiger partial charge on any atom is 0.159 e. The fourth-order valence-corrected chi connectivity index (χ4v) is 5.01. The Morgan fingerprint density at radius 3 is 2.56 bits per heavy atom. The van der Waals surface area contributed by atoms with Gasteiger partial charge in [0.25, 0.3) is 0 Å². The lowest BCUT2D eigenvalue weighted by molar-refractivity contribution is 0.220. The van der Waals surface area contributed by atoms with Crippen LogP contribution < -0.4 is 4.90 Å². The quantitative estimate of drug-likeness (QED) is 0.476. The van der Waals surface area contributed by atoms with Crippen molar-refractivity contribution in [2.24, 2.45) is 0 Å². The molecule has 0 bridgehead atoms. The average Bonchev–Trinajstić information content (AvgIpc) is 3.53. The number of likely N-dealkylation sites (N-methyl/N-ethyl adjacent to an activating group) is 1. The molecule has 9 nitrogen and oxygen atoms in total. The van der Waals surface area contributed by atoms with Crippen molar-refractivity contribution in [1.29, 1.82) is 0 Å². The van der Waals surface area contributed by atoms with Crippen molar-refractivity contribution in [1.82, 2.24) is 39.9 Å². The predicted molar refractivity (Wildman–Crippen MR) is 134 cm³/mol. The van der Waals surface area contributed by atoms with E-state index in [0.29, 0.717) is 0 Å². The highest BCUT2D eigenvalue weighted by atomic mass is 15.3. The lowest BCUT2D eigenvalue weighted by Gasteiger charge is -2.33. The molecule has 0 atom stereocenters. The fourth-order valence-electron chi connectivity index (χ4n) is 5.01. The van der Waals surface area contributed by atoms with Gasteiger partial charge in [-0.15, -0.1) is 0 Å². The van der Waals surface area contributed by atoms with Gasteiger partial charge in [0.2, 0.25) is 0 Å². The molecule has 2 N–H and O–H groups in total. The summed E-state index contributed by atoms with van der Waals surface area (Å²) in [5, 5.41) is 7.74. The maximum absolute atomic E-state index is 4.92. The van der Waals surface area contributed by atoms with Crippen LogP contribution in [-0.4, -0.2) is 86.2 Å². The molecule has 4 aromatic heterocycles. The number of nitrogens with zero attached hydrogens (tertiary/aromatic N) is 7. The van der Waals surface area contributed by atoms with Gasteiger partial charge in [0.1, 0.15) is 11.2 Å². The third-order valence-electron chi connectivity index (χ3n) is 7.00. The highest BCUT2D eigenvalue weighted by molar-refractivity contribution is 5.90. The molecule has 9 heteroatoms. The Bertz CT molecular complexity index is 1260. The van der Waals surface area contributed by atoms with Crippen LogP contribution in [0.4, 0.5) is 5.69 Å². The molecule has 2 fully saturated rings. The number of H-pyrrole nitrogens is 2. The third kappa shape index (κ3) is 4.28. The van der Waals surface area contributed by atoms with Gasteiger partial charge in [0.15, 0.2) is 5.82 Å². The highest BCUT2D eigenvalue weighted by Gasteiger charge is 2.20. The first-order valence-electron chi connectivity index (χ1n) is 12.2. The Morgan fingerprint density at radius 1 is 0.882 bits per heavy atom. The molecule has 176 valence electrons. The van der Waals surface area contributed by atoms with Crippen molar-refractivity contribution in [3.05, 3.63) is 42.5 Å². The molecule has 6 heterocycles. The smallest absolute Gasteiger partial charge is 0.159 e. The van der Waals surface area contributed by atoms with E-state index in [9.17, 15) is 0 Å². The molecule has 4 aromatic rings. The third-order valence-corrected chi connectivity index (χ3v) is 7.00. The van der Waals surface area contributed by atoms with E-state index in [4.69, 9.17) is 4.98 Å². The van der Waals surface area contributed by atoms with Gasteiger partial charge in [0, 0.05) is 50.7 Å². The van der Waals surface area contributed by atoms with E-state index in [-0.39, 0.29) is 0 Å². The summed E-state index contributed by atoms with van der Waals surface area (Å²) in [5.41, 5.74) is 6.98. The number of likely N-dealkylation sites (tertiary alicyclic amines) is 1. The zero-order chi connectivity index (χ0) is 22.9. The zero-order valence-corrected chi connectivity index (χ0v) is 19.7. The number of rotatable bonds is 5. The van der Waals surface area contributed by atoms with E-state index in [1.165, 1.54) is 37.9 Å². The number of anilines is 1. The Balaban J connectivity index is 1.25. The molecule has 0 unspecified atom stereocenters. The fraction of sp³-hybridized carbons (Fsp3) is 0.440. The molecular formula is C25H31N9. The summed E-state index contributed by atoms with van der Waals surface area (Å²) in [6.07, 6.45) is 11.6. The number of nitrogens with one attached hydrogen (secondary N) is 2. The number of aromatic nitrogens is 6. The van der Waals surface area contributed by atoms with Crippen LogP contribution in [0.5, 0.6) is 0 Å². The summed E-state index contributed by atoms with van der Waals surface area (Å²) in [4.78, 5) is 24.5. The lowest BCUT2D eigenvalue weighted by Crippen LogP contribution is -2.44. The molecule has 0 radical (unpaired) electrons. The SMILES string of the molecule is CN1CCN(c2cncc3[nH]c(-c4cc(-c5cncc(CN6CCCCC6)c5)[nH]n4)nc23)CC1. The molecule has 0 spiro atoms. The van der Waals surface area contributed by atoms with Crippen molar-refractivity contribution in [2.75, 3.05) is 51.2 Å². The number of imidazole rings is 1. The largest absolute Gasteiger partial charge is 0.366 e. The van der Waals surface area contributed by atoms with Crippen LogP contribution in [0.1, 0.15) is 24.8 Å². The lowest BCUT2D eigenvalue weighted by atomic mass is 10.1. The second kappa shape index (κ2) is 9.15. The van der Waals surface area contributed by atoms with Crippen LogP contribution in [0.15, 0.2) is 36.9 Å². The molecule has 6 rings (SSSR count). The normalized spacial score (nSPS) is 18.1. The number of piperazine rings is 1. The predicted octanol–water partition coefficient (Wildman–Crippen LogP) is 3.15. The van der Waals surface area contributed by atoms with Gasteiger partial charge >= 0.3 is 0 Å². The van der Waals surface area contributed by atoms with Crippen LogP contribution in [0.3, 0.4) is 0 Å². The van der Waals surface area contributed by atoms with Gasteiger partial charge < -0.3 is 14.8 Å². The topological polar surface area (TPSA) is 92.9 Å². The van der Waals surface area contributed by atoms with E-state index in [1.54, 1.807) is 0 Å². The number of fused-ring (bicyclic) bond motifs is 1. The molecule has 2 aliphatic rings. The molecule has 0 amide bonds. The summed E-state index contributed by atoms with van der Waals surface area (Å²) < 4.78 is 0. The Morgan fingerprint density at radius 2 is 1.71 bits per heavy atom.